The summed E-state index contributed by atoms with van der Waals surface area (Å²) in [6.45, 7) is 0. The van der Waals surface area contributed by atoms with E-state index in [4.69, 9.17) is 16.3 Å². The Morgan fingerprint density at radius 1 is 1.03 bits per heavy atom. The van der Waals surface area contributed by atoms with Crippen LogP contribution in [0.5, 0.6) is 5.75 Å². The molecule has 0 aliphatic rings. The van der Waals surface area contributed by atoms with E-state index in [-0.39, 0.29) is 4.90 Å². The van der Waals surface area contributed by atoms with Gasteiger partial charge in [-0.3, -0.25) is 0 Å². The van der Waals surface area contributed by atoms with Crippen molar-refractivity contribution in [2.24, 2.45) is 0 Å². The van der Waals surface area contributed by atoms with Gasteiger partial charge in [0.15, 0.2) is 0 Å². The van der Waals surface area contributed by atoms with Gasteiger partial charge < -0.3 is 4.74 Å². The fraction of sp³-hybridized carbons (Fsp3) is 0.0400. The van der Waals surface area contributed by atoms with Crippen LogP contribution < -0.4 is 4.74 Å². The maximum Gasteiger partial charge on any atom is 0.216 e. The molecule has 4 rings (SSSR count). The molecule has 0 unspecified atom stereocenters. The zero-order chi connectivity index (χ0) is 23.4. The fourth-order valence-corrected chi connectivity index (χ4v) is 4.51. The summed E-state index contributed by atoms with van der Waals surface area (Å²) in [4.78, 5) is -0.409. The van der Waals surface area contributed by atoms with Gasteiger partial charge in [0.05, 0.1) is 17.7 Å². The number of rotatable bonds is 6. The maximum absolute atomic E-state index is 13.1. The molecule has 3 aromatic carbocycles. The molecule has 6 nitrogen and oxygen atoms in total. The number of allylic oxidation sites excluding steroid dienone is 1. The molecular formula is C25H18ClN3O3S. The zero-order valence-corrected chi connectivity index (χ0v) is 19.1. The van der Waals surface area contributed by atoms with E-state index in [2.05, 4.69) is 5.10 Å². The van der Waals surface area contributed by atoms with Crippen LogP contribution in [-0.2, 0) is 9.84 Å². The molecular weight excluding hydrogens is 458 g/mol. The number of halogens is 1. The van der Waals surface area contributed by atoms with E-state index in [0.717, 1.165) is 11.3 Å². The molecule has 0 fully saturated rings. The summed E-state index contributed by atoms with van der Waals surface area (Å²) in [7, 11) is -2.47. The summed E-state index contributed by atoms with van der Waals surface area (Å²) in [5, 5.41) is 14.8. The van der Waals surface area contributed by atoms with Crippen molar-refractivity contribution in [2.45, 2.75) is 4.90 Å². The Morgan fingerprint density at radius 2 is 1.70 bits per heavy atom. The predicted molar refractivity (Wildman–Crippen MR) is 128 cm³/mol. The molecule has 0 saturated carbocycles. The highest BCUT2D eigenvalue weighted by Gasteiger charge is 2.22. The topological polar surface area (TPSA) is 85.0 Å². The van der Waals surface area contributed by atoms with Crippen LogP contribution in [0.15, 0.2) is 94.9 Å². The van der Waals surface area contributed by atoms with E-state index in [9.17, 15) is 13.7 Å². The average molecular weight is 476 g/mol. The number of aromatic nitrogens is 2. The lowest BCUT2D eigenvalue weighted by Gasteiger charge is -2.04. The van der Waals surface area contributed by atoms with Gasteiger partial charge in [0, 0.05) is 22.3 Å². The van der Waals surface area contributed by atoms with Crippen LogP contribution in [0.25, 0.3) is 23.0 Å². The molecule has 4 aromatic rings. The normalized spacial score (nSPS) is 11.7. The second-order valence-electron chi connectivity index (χ2n) is 7.02. The maximum atomic E-state index is 13.1. The second-order valence-corrected chi connectivity index (χ2v) is 9.37. The van der Waals surface area contributed by atoms with Crippen molar-refractivity contribution >= 4 is 27.5 Å². The third kappa shape index (κ3) is 4.67. The molecule has 0 bridgehead atoms. The van der Waals surface area contributed by atoms with Gasteiger partial charge in [-0.2, -0.15) is 10.4 Å². The molecule has 1 heterocycles. The minimum absolute atomic E-state index is 0.0128. The van der Waals surface area contributed by atoms with Crippen LogP contribution in [0.1, 0.15) is 5.56 Å². The summed E-state index contributed by atoms with van der Waals surface area (Å²) < 4.78 is 33.1. The summed E-state index contributed by atoms with van der Waals surface area (Å²) in [6, 6.07) is 24.2. The molecule has 0 radical (unpaired) electrons. The van der Waals surface area contributed by atoms with Crippen LogP contribution in [0.4, 0.5) is 0 Å². The lowest BCUT2D eigenvalue weighted by atomic mass is 10.1. The zero-order valence-electron chi connectivity index (χ0n) is 17.5. The molecule has 33 heavy (non-hydrogen) atoms. The van der Waals surface area contributed by atoms with E-state index >= 15 is 0 Å². The number of benzene rings is 3. The van der Waals surface area contributed by atoms with Gasteiger partial charge in [-0.1, -0.05) is 29.8 Å². The Balaban J connectivity index is 1.87. The molecule has 8 heteroatoms. The van der Waals surface area contributed by atoms with Gasteiger partial charge in [0.25, 0.3) is 0 Å². The first-order valence-electron chi connectivity index (χ1n) is 9.84. The monoisotopic (exact) mass is 475 g/mol. The lowest BCUT2D eigenvalue weighted by molar-refractivity contribution is 0.415. The van der Waals surface area contributed by atoms with E-state index in [0.29, 0.717) is 22.0 Å². The van der Waals surface area contributed by atoms with Gasteiger partial charge in [0.2, 0.25) is 9.84 Å². The van der Waals surface area contributed by atoms with Crippen LogP contribution in [-0.4, -0.2) is 25.3 Å². The fourth-order valence-electron chi connectivity index (χ4n) is 3.23. The van der Waals surface area contributed by atoms with Crippen molar-refractivity contribution in [3.8, 4) is 28.8 Å². The first-order chi connectivity index (χ1) is 15.9. The van der Waals surface area contributed by atoms with Crippen LogP contribution >= 0.6 is 11.6 Å². The number of para-hydroxylation sites is 1. The van der Waals surface area contributed by atoms with Crippen LogP contribution in [0, 0.1) is 11.3 Å². The number of sulfone groups is 1. The Hall–Kier alpha value is -3.86. The highest BCUT2D eigenvalue weighted by atomic mass is 35.5. The largest absolute Gasteiger partial charge is 0.497 e. The third-order valence-electron chi connectivity index (χ3n) is 4.94. The number of hydrogen-bond donors (Lipinski definition) is 0. The highest BCUT2D eigenvalue weighted by molar-refractivity contribution is 7.95. The Kier molecular flexibility index (Phi) is 6.31. The molecule has 0 aliphatic carbocycles. The van der Waals surface area contributed by atoms with Gasteiger partial charge in [-0.15, -0.1) is 0 Å². The smallest absolute Gasteiger partial charge is 0.216 e. The van der Waals surface area contributed by atoms with E-state index < -0.39 is 14.7 Å². The minimum atomic E-state index is -4.05. The Labute approximate surface area is 196 Å². The quantitative estimate of drug-likeness (QED) is 0.342. The van der Waals surface area contributed by atoms with E-state index in [1.165, 1.54) is 30.3 Å². The van der Waals surface area contributed by atoms with Crippen molar-refractivity contribution in [3.63, 3.8) is 0 Å². The van der Waals surface area contributed by atoms with E-state index in [1.807, 2.05) is 48.5 Å². The van der Waals surface area contributed by atoms with Crippen LogP contribution in [0.3, 0.4) is 0 Å². The van der Waals surface area contributed by atoms with Crippen LogP contribution in [0.2, 0.25) is 5.02 Å². The molecule has 0 saturated heterocycles. The number of nitrogens with zero attached hydrogens (tertiary/aromatic N) is 3. The first kappa shape index (κ1) is 22.3. The Bertz CT molecular complexity index is 1450. The SMILES string of the molecule is COc1ccc(-c2nn(-c3ccccc3)cc2C=C(C#N)S(=O)(=O)c2ccc(Cl)cc2)cc1. The van der Waals surface area contributed by atoms with Gasteiger partial charge in [0.1, 0.15) is 22.4 Å². The van der Waals surface area contributed by atoms with Gasteiger partial charge in [-0.05, 0) is 66.7 Å². The molecule has 0 N–H and O–H groups in total. The van der Waals surface area contributed by atoms with Gasteiger partial charge >= 0.3 is 0 Å². The summed E-state index contributed by atoms with van der Waals surface area (Å²) in [5.41, 5.74) is 2.56. The third-order valence-corrected chi connectivity index (χ3v) is 6.87. The molecule has 0 aliphatic heterocycles. The molecule has 0 atom stereocenters. The number of methoxy groups -OCH3 is 1. The van der Waals surface area contributed by atoms with E-state index in [1.54, 1.807) is 30.1 Å². The van der Waals surface area contributed by atoms with Crippen molar-refractivity contribution in [1.29, 1.82) is 5.26 Å². The molecule has 0 amide bonds. The summed E-state index contributed by atoms with van der Waals surface area (Å²) >= 11 is 5.88. The molecule has 1 aromatic heterocycles. The Morgan fingerprint density at radius 3 is 2.30 bits per heavy atom. The van der Waals surface area contributed by atoms with Crippen molar-refractivity contribution in [2.75, 3.05) is 7.11 Å². The minimum Gasteiger partial charge on any atom is -0.497 e. The first-order valence-corrected chi connectivity index (χ1v) is 11.7. The second kappa shape index (κ2) is 9.33. The number of ether oxygens (including phenoxy) is 1. The summed E-state index contributed by atoms with van der Waals surface area (Å²) in [6.07, 6.45) is 3.04. The average Bonchev–Trinajstić information content (AvgIpc) is 3.27. The van der Waals surface area contributed by atoms with Crippen molar-refractivity contribution in [3.05, 3.63) is 101 Å². The van der Waals surface area contributed by atoms with Crippen molar-refractivity contribution in [1.82, 2.24) is 9.78 Å². The summed E-state index contributed by atoms with van der Waals surface area (Å²) in [5.74, 6) is 0.682. The number of nitriles is 1. The standard InChI is InChI=1S/C25H18ClN3O3S/c1-32-22-11-7-18(8-12-22)25-19(17-29(28-25)21-5-3-2-4-6-21)15-24(16-27)33(30,31)23-13-9-20(26)10-14-23/h2-15,17H,1H3. The molecule has 164 valence electrons. The predicted octanol–water partition coefficient (Wildman–Crippen LogP) is 5.54. The van der Waals surface area contributed by atoms with Crippen molar-refractivity contribution < 1.29 is 13.2 Å². The highest BCUT2D eigenvalue weighted by Crippen LogP contribution is 2.29. The lowest BCUT2D eigenvalue weighted by Crippen LogP contribution is -2.03. The molecule has 0 spiro atoms. The number of hydrogen-bond acceptors (Lipinski definition) is 5. The van der Waals surface area contributed by atoms with Gasteiger partial charge in [-0.25, -0.2) is 13.1 Å².